The number of alkyl halides is 6. The Morgan fingerprint density at radius 1 is 0.833 bits per heavy atom. The van der Waals surface area contributed by atoms with E-state index in [4.69, 9.17) is 41.1 Å². The van der Waals surface area contributed by atoms with Crippen molar-refractivity contribution < 1.29 is 59.3 Å². The third-order valence-corrected chi connectivity index (χ3v) is 8.93. The number of nitrogens with zero attached hydrogens (tertiary/aromatic N) is 5. The third kappa shape index (κ3) is 12.1. The predicted octanol–water partition coefficient (Wildman–Crippen LogP) is 5.96. The predicted molar refractivity (Wildman–Crippen MR) is 185 cm³/mol. The quantitative estimate of drug-likeness (QED) is 0.178. The number of fused-ring (bicyclic) bond motifs is 6. The molecule has 4 N–H and O–H groups in total. The first kappa shape index (κ1) is 41.3. The van der Waals surface area contributed by atoms with Gasteiger partial charge in [0.2, 0.25) is 16.0 Å². The zero-order valence-corrected chi connectivity index (χ0v) is 29.4. The molecule has 1 fully saturated rings. The van der Waals surface area contributed by atoms with Gasteiger partial charge in [0, 0.05) is 61.8 Å². The largest absolute Gasteiger partial charge is 0.493 e. The summed E-state index contributed by atoms with van der Waals surface area (Å²) in [6, 6.07) is 17.9. The highest BCUT2D eigenvalue weighted by molar-refractivity contribution is 7.88. The molecular formula is C32H30ClF6N7O7S. The van der Waals surface area contributed by atoms with Crippen LogP contribution in [0.4, 0.5) is 55.3 Å². The van der Waals surface area contributed by atoms with E-state index in [-0.39, 0.29) is 0 Å². The lowest BCUT2D eigenvalue weighted by Gasteiger charge is -2.34. The number of aliphatic carboxylic acids is 2. The van der Waals surface area contributed by atoms with E-state index in [0.717, 1.165) is 39.6 Å². The molecule has 2 aliphatic rings. The van der Waals surface area contributed by atoms with Gasteiger partial charge in [-0.3, -0.25) is 0 Å². The number of carboxylic acid groups (broad SMARTS) is 2. The smallest absolute Gasteiger partial charge is 0.490 e. The number of halogens is 7. The molecule has 6 bridgehead atoms. The maximum absolute atomic E-state index is 11.8. The minimum Gasteiger partial charge on any atom is -0.493 e. The van der Waals surface area contributed by atoms with Crippen molar-refractivity contribution in [1.82, 2.24) is 19.3 Å². The molecule has 4 aromatic rings. The monoisotopic (exact) mass is 805 g/mol. The van der Waals surface area contributed by atoms with Crippen LogP contribution in [0.3, 0.4) is 0 Å². The lowest BCUT2D eigenvalue weighted by molar-refractivity contribution is -0.193. The molecule has 0 unspecified atom stereocenters. The molecule has 54 heavy (non-hydrogen) atoms. The topological polar surface area (TPSA) is 187 Å². The molecule has 0 atom stereocenters. The van der Waals surface area contributed by atoms with E-state index in [2.05, 4.69) is 37.6 Å². The van der Waals surface area contributed by atoms with Gasteiger partial charge in [0.25, 0.3) is 0 Å². The van der Waals surface area contributed by atoms with E-state index in [1.54, 1.807) is 6.20 Å². The van der Waals surface area contributed by atoms with E-state index in [0.29, 0.717) is 56.0 Å². The van der Waals surface area contributed by atoms with Crippen molar-refractivity contribution in [2.24, 2.45) is 0 Å². The summed E-state index contributed by atoms with van der Waals surface area (Å²) >= 11 is 6.37. The fourth-order valence-electron chi connectivity index (χ4n) is 4.80. The summed E-state index contributed by atoms with van der Waals surface area (Å²) in [6.07, 6.45) is -4.81. The summed E-state index contributed by atoms with van der Waals surface area (Å²) < 4.78 is 94.7. The van der Waals surface area contributed by atoms with Gasteiger partial charge in [-0.1, -0.05) is 23.7 Å². The molecule has 0 amide bonds. The maximum Gasteiger partial charge on any atom is 0.490 e. The molecule has 0 radical (unpaired) electrons. The number of benzene rings is 2. The number of nitrogens with one attached hydrogen (secondary N) is 2. The highest BCUT2D eigenvalue weighted by atomic mass is 35.5. The molecule has 2 aliphatic heterocycles. The average Bonchev–Trinajstić information content (AvgIpc) is 3.09. The molecule has 0 aliphatic carbocycles. The Kier molecular flexibility index (Phi) is 13.1. The Morgan fingerprint density at radius 3 is 2.06 bits per heavy atom. The van der Waals surface area contributed by atoms with Gasteiger partial charge >= 0.3 is 24.3 Å². The van der Waals surface area contributed by atoms with Gasteiger partial charge in [0.05, 0.1) is 19.1 Å². The van der Waals surface area contributed by atoms with Crippen LogP contribution in [0.5, 0.6) is 5.75 Å². The van der Waals surface area contributed by atoms with Crippen LogP contribution in [-0.2, 0) is 26.0 Å². The summed E-state index contributed by atoms with van der Waals surface area (Å²) in [5.74, 6) is -3.03. The van der Waals surface area contributed by atoms with Crippen LogP contribution >= 0.6 is 11.6 Å². The van der Waals surface area contributed by atoms with Gasteiger partial charge in [-0.2, -0.15) is 35.6 Å². The summed E-state index contributed by atoms with van der Waals surface area (Å²) in [5.41, 5.74) is 4.67. The fourth-order valence-corrected chi connectivity index (χ4v) is 5.76. The number of sulfonamides is 1. The zero-order valence-electron chi connectivity index (χ0n) is 27.8. The van der Waals surface area contributed by atoms with Crippen LogP contribution in [0.15, 0.2) is 67.0 Å². The number of pyridine rings is 1. The number of hydrogen-bond donors (Lipinski definition) is 4. The van der Waals surface area contributed by atoms with Crippen molar-refractivity contribution >= 4 is 62.5 Å². The van der Waals surface area contributed by atoms with Crippen molar-refractivity contribution in [2.75, 3.05) is 54.6 Å². The van der Waals surface area contributed by atoms with Gasteiger partial charge < -0.3 is 30.5 Å². The van der Waals surface area contributed by atoms with Crippen LogP contribution in [0, 0.1) is 0 Å². The standard InChI is InChI=1S/C28H28ClN7O3S.2C2HF3O2/c1-40(37,38)36-10-8-35(9-11-36)26-6-5-20(17-30-26)21-13-19-7-12-39-24-4-2-3-22(16-24)32-27-25(29)18-31-28(34-27)33-23(14-19)15-21;2*3-2(4,5)1(6)7/h2-6,13-18H,7-12H2,1H3,(H2,31,32,33,34);2*(H,6,7). The first-order chi connectivity index (χ1) is 25.2. The molecule has 4 heterocycles. The lowest BCUT2D eigenvalue weighted by Crippen LogP contribution is -2.48. The van der Waals surface area contributed by atoms with Gasteiger partial charge in [-0.15, -0.1) is 0 Å². The Balaban J connectivity index is 0.000000396. The number of carboxylic acids is 2. The zero-order chi connectivity index (χ0) is 39.8. The molecule has 2 aromatic heterocycles. The molecule has 22 heteroatoms. The van der Waals surface area contributed by atoms with Crippen LogP contribution in [-0.4, -0.2) is 101 Å². The van der Waals surface area contributed by atoms with Crippen molar-refractivity contribution in [3.63, 3.8) is 0 Å². The normalized spacial score (nSPS) is 14.6. The molecule has 14 nitrogen and oxygen atoms in total. The molecule has 290 valence electrons. The second kappa shape index (κ2) is 17.2. The SMILES string of the molecule is CS(=O)(=O)N1CCN(c2ccc(-c3cc4cc(c3)Nc3ncc(Cl)c(n3)Nc3cccc(c3)OCC4)cn2)CC1.O=C(O)C(F)(F)F.O=C(O)C(F)(F)F. The van der Waals surface area contributed by atoms with E-state index < -0.39 is 34.3 Å². The molecule has 2 aromatic carbocycles. The maximum atomic E-state index is 11.8. The van der Waals surface area contributed by atoms with Crippen molar-refractivity contribution in [1.29, 1.82) is 0 Å². The first-order valence-electron chi connectivity index (χ1n) is 15.4. The molecule has 0 saturated carbocycles. The summed E-state index contributed by atoms with van der Waals surface area (Å²) in [4.78, 5) is 33.6. The third-order valence-electron chi connectivity index (χ3n) is 7.35. The summed E-state index contributed by atoms with van der Waals surface area (Å²) in [5, 5.41) is 21.2. The Labute approximate surface area is 308 Å². The van der Waals surface area contributed by atoms with Crippen LogP contribution in [0.25, 0.3) is 11.1 Å². The summed E-state index contributed by atoms with van der Waals surface area (Å²) in [7, 11) is -3.18. The fraction of sp³-hybridized carbons (Fsp3) is 0.281. The van der Waals surface area contributed by atoms with Crippen molar-refractivity contribution in [3.05, 3.63) is 77.6 Å². The Morgan fingerprint density at radius 2 is 1.48 bits per heavy atom. The number of ether oxygens (including phenoxy) is 1. The van der Waals surface area contributed by atoms with Crippen LogP contribution < -0.4 is 20.3 Å². The van der Waals surface area contributed by atoms with Crippen molar-refractivity contribution in [2.45, 2.75) is 18.8 Å². The average molecular weight is 806 g/mol. The van der Waals surface area contributed by atoms with E-state index in [1.165, 1.54) is 10.6 Å². The number of piperazine rings is 1. The van der Waals surface area contributed by atoms with Gasteiger partial charge in [-0.05, 0) is 47.5 Å². The van der Waals surface area contributed by atoms with Crippen LogP contribution in [0.1, 0.15) is 5.56 Å². The number of rotatable bonds is 3. The van der Waals surface area contributed by atoms with E-state index in [1.807, 2.05) is 48.7 Å². The molecule has 1 saturated heterocycles. The second-order valence-corrected chi connectivity index (χ2v) is 13.7. The molecular weight excluding hydrogens is 776 g/mol. The minimum absolute atomic E-state index is 0.405. The van der Waals surface area contributed by atoms with Crippen molar-refractivity contribution in [3.8, 4) is 16.9 Å². The molecule has 6 rings (SSSR count). The van der Waals surface area contributed by atoms with Crippen LogP contribution in [0.2, 0.25) is 5.02 Å². The number of anilines is 5. The summed E-state index contributed by atoms with van der Waals surface area (Å²) in [6.45, 7) is 2.62. The Hall–Kier alpha value is -5.41. The number of hydrogen-bond acceptors (Lipinski definition) is 11. The van der Waals surface area contributed by atoms with Gasteiger partial charge in [0.15, 0.2) is 5.82 Å². The molecule has 0 spiro atoms. The second-order valence-electron chi connectivity index (χ2n) is 11.3. The minimum atomic E-state index is -5.08. The number of aromatic nitrogens is 3. The number of carbonyl (C=O) groups is 2. The van der Waals surface area contributed by atoms with Gasteiger partial charge in [0.1, 0.15) is 16.6 Å². The Bertz CT molecular complexity index is 2040. The van der Waals surface area contributed by atoms with E-state index >= 15 is 0 Å². The van der Waals surface area contributed by atoms with E-state index in [9.17, 15) is 34.8 Å². The van der Waals surface area contributed by atoms with Gasteiger partial charge in [-0.25, -0.2) is 28.0 Å². The first-order valence-corrected chi connectivity index (χ1v) is 17.6. The highest BCUT2D eigenvalue weighted by Gasteiger charge is 2.39. The lowest BCUT2D eigenvalue weighted by atomic mass is 10.0. The highest BCUT2D eigenvalue weighted by Crippen LogP contribution is 2.31.